The van der Waals surface area contributed by atoms with Crippen molar-refractivity contribution in [1.82, 2.24) is 4.90 Å². The highest BCUT2D eigenvalue weighted by atomic mass is 16.6. The van der Waals surface area contributed by atoms with Crippen LogP contribution in [0.25, 0.3) is 5.57 Å². The fourth-order valence-electron chi connectivity index (χ4n) is 2.67. The van der Waals surface area contributed by atoms with E-state index >= 15 is 0 Å². The van der Waals surface area contributed by atoms with Crippen molar-refractivity contribution in [2.24, 2.45) is 0 Å². The Morgan fingerprint density at radius 1 is 1.22 bits per heavy atom. The summed E-state index contributed by atoms with van der Waals surface area (Å²) in [7, 11) is 1.63. The van der Waals surface area contributed by atoms with Gasteiger partial charge < -0.3 is 24.2 Å². The summed E-state index contributed by atoms with van der Waals surface area (Å²) in [5.41, 5.74) is 1.62. The van der Waals surface area contributed by atoms with Gasteiger partial charge in [0.25, 0.3) is 0 Å². The van der Waals surface area contributed by atoms with Crippen LogP contribution in [0.15, 0.2) is 30.0 Å². The first-order valence-electron chi connectivity index (χ1n) is 8.21. The van der Waals surface area contributed by atoms with Crippen LogP contribution in [-0.4, -0.2) is 56.3 Å². The van der Waals surface area contributed by atoms with Crippen molar-refractivity contribution >= 4 is 5.57 Å². The average Bonchev–Trinajstić information content (AvgIpc) is 2.96. The molecule has 1 unspecified atom stereocenters. The van der Waals surface area contributed by atoms with Crippen molar-refractivity contribution in [2.75, 3.05) is 40.0 Å². The average molecular weight is 321 g/mol. The summed E-state index contributed by atoms with van der Waals surface area (Å²) in [5.74, 6) is 1.51. The molecule has 5 nitrogen and oxygen atoms in total. The summed E-state index contributed by atoms with van der Waals surface area (Å²) >= 11 is 0. The molecule has 1 heterocycles. The van der Waals surface area contributed by atoms with E-state index < -0.39 is 6.29 Å². The lowest BCUT2D eigenvalue weighted by Gasteiger charge is -2.18. The highest BCUT2D eigenvalue weighted by Crippen LogP contribution is 2.31. The second kappa shape index (κ2) is 8.91. The number of benzene rings is 1. The van der Waals surface area contributed by atoms with E-state index in [0.29, 0.717) is 13.2 Å². The summed E-state index contributed by atoms with van der Waals surface area (Å²) in [6, 6.07) is 7.55. The third-order valence-electron chi connectivity index (χ3n) is 4.11. The number of aliphatic hydroxyl groups excluding tert-OH is 1. The van der Waals surface area contributed by atoms with Gasteiger partial charge in [0.2, 0.25) is 0 Å². The molecule has 0 spiro atoms. The molecule has 0 fully saturated rings. The van der Waals surface area contributed by atoms with Gasteiger partial charge in [-0.25, -0.2) is 0 Å². The molecule has 1 aliphatic rings. The molecule has 0 amide bonds. The first kappa shape index (κ1) is 17.8. The molecule has 23 heavy (non-hydrogen) atoms. The van der Waals surface area contributed by atoms with Gasteiger partial charge >= 0.3 is 0 Å². The maximum Gasteiger partial charge on any atom is 0.185 e. The molecule has 0 radical (unpaired) electrons. The number of ether oxygens (including phenoxy) is 3. The molecule has 0 aromatic heterocycles. The normalized spacial score (nSPS) is 17.9. The zero-order chi connectivity index (χ0) is 16.7. The molecular formula is C18H27NO4. The molecule has 1 N–H and O–H groups in total. The van der Waals surface area contributed by atoms with Crippen molar-refractivity contribution in [1.29, 1.82) is 0 Å². The van der Waals surface area contributed by atoms with Crippen LogP contribution in [0.4, 0.5) is 0 Å². The zero-order valence-corrected chi connectivity index (χ0v) is 14.2. The minimum Gasteiger partial charge on any atom is -0.497 e. The van der Waals surface area contributed by atoms with Gasteiger partial charge in [-0.3, -0.25) is 0 Å². The molecule has 0 saturated heterocycles. The van der Waals surface area contributed by atoms with Gasteiger partial charge in [-0.05, 0) is 37.2 Å². The number of nitrogens with zero attached hydrogens (tertiary/aromatic N) is 1. The summed E-state index contributed by atoms with van der Waals surface area (Å²) in [6.07, 6.45) is 0.0261. The molecule has 1 atom stereocenters. The van der Waals surface area contributed by atoms with Crippen molar-refractivity contribution < 1.29 is 19.3 Å². The highest BCUT2D eigenvalue weighted by molar-refractivity contribution is 5.71. The Kier molecular flexibility index (Phi) is 6.89. The van der Waals surface area contributed by atoms with Gasteiger partial charge in [-0.15, -0.1) is 0 Å². The topological polar surface area (TPSA) is 51.2 Å². The quantitative estimate of drug-likeness (QED) is 0.708. The summed E-state index contributed by atoms with van der Waals surface area (Å²) in [4.78, 5) is 2.36. The summed E-state index contributed by atoms with van der Waals surface area (Å²) in [6.45, 7) is 8.39. The second-order valence-corrected chi connectivity index (χ2v) is 5.46. The molecule has 128 valence electrons. The van der Waals surface area contributed by atoms with E-state index in [1.807, 2.05) is 24.3 Å². The lowest BCUT2D eigenvalue weighted by molar-refractivity contribution is -0.0386. The monoisotopic (exact) mass is 321 g/mol. The number of rotatable bonds is 9. The van der Waals surface area contributed by atoms with Crippen molar-refractivity contribution in [2.45, 2.75) is 26.6 Å². The largest absolute Gasteiger partial charge is 0.497 e. The Bertz CT molecular complexity index is 508. The van der Waals surface area contributed by atoms with E-state index in [1.165, 1.54) is 0 Å². The Balaban J connectivity index is 1.98. The second-order valence-electron chi connectivity index (χ2n) is 5.46. The van der Waals surface area contributed by atoms with Gasteiger partial charge in [-0.2, -0.15) is 0 Å². The predicted octanol–water partition coefficient (Wildman–Crippen LogP) is 2.50. The Labute approximate surface area is 138 Å². The van der Waals surface area contributed by atoms with Crippen LogP contribution < -0.4 is 4.74 Å². The Morgan fingerprint density at radius 3 is 2.52 bits per heavy atom. The van der Waals surface area contributed by atoms with E-state index in [-0.39, 0.29) is 0 Å². The first-order valence-corrected chi connectivity index (χ1v) is 8.21. The van der Waals surface area contributed by atoms with Gasteiger partial charge in [0.05, 0.1) is 19.3 Å². The number of methoxy groups -OCH3 is 1. The van der Waals surface area contributed by atoms with Crippen molar-refractivity contribution in [3.63, 3.8) is 0 Å². The maximum absolute atomic E-state index is 10.1. The van der Waals surface area contributed by atoms with E-state index in [0.717, 1.165) is 48.7 Å². The molecule has 0 saturated carbocycles. The SMILES string of the molecule is CCN(CC)CCCOC1=C(c2ccc(OC)cc2)C(O)OC1. The molecule has 5 heteroatoms. The Morgan fingerprint density at radius 2 is 1.91 bits per heavy atom. The fraction of sp³-hybridized carbons (Fsp3) is 0.556. The van der Waals surface area contributed by atoms with Crippen molar-refractivity contribution in [3.05, 3.63) is 35.6 Å². The number of hydrogen-bond donors (Lipinski definition) is 1. The van der Waals surface area contributed by atoms with Crippen LogP contribution >= 0.6 is 0 Å². The molecule has 0 aliphatic carbocycles. The maximum atomic E-state index is 10.1. The molecule has 2 rings (SSSR count). The van der Waals surface area contributed by atoms with Crippen LogP contribution in [0, 0.1) is 0 Å². The van der Waals surface area contributed by atoms with Gasteiger partial charge in [-0.1, -0.05) is 26.0 Å². The van der Waals surface area contributed by atoms with Crippen LogP contribution in [0.2, 0.25) is 0 Å². The predicted molar refractivity (Wildman–Crippen MR) is 90.2 cm³/mol. The van der Waals surface area contributed by atoms with Gasteiger partial charge in [0, 0.05) is 6.54 Å². The third kappa shape index (κ3) is 4.70. The van der Waals surface area contributed by atoms with E-state index in [1.54, 1.807) is 7.11 Å². The molecular weight excluding hydrogens is 294 g/mol. The fourth-order valence-corrected chi connectivity index (χ4v) is 2.67. The summed E-state index contributed by atoms with van der Waals surface area (Å²) in [5, 5.41) is 10.1. The lowest BCUT2D eigenvalue weighted by Crippen LogP contribution is -2.24. The van der Waals surface area contributed by atoms with E-state index in [4.69, 9.17) is 14.2 Å². The lowest BCUT2D eigenvalue weighted by atomic mass is 10.1. The number of aliphatic hydroxyl groups is 1. The Hall–Kier alpha value is -1.56. The van der Waals surface area contributed by atoms with Crippen LogP contribution in [0.1, 0.15) is 25.8 Å². The zero-order valence-electron chi connectivity index (χ0n) is 14.2. The molecule has 1 aliphatic heterocycles. The number of hydrogen-bond acceptors (Lipinski definition) is 5. The highest BCUT2D eigenvalue weighted by Gasteiger charge is 2.27. The van der Waals surface area contributed by atoms with Crippen LogP contribution in [0.5, 0.6) is 5.75 Å². The van der Waals surface area contributed by atoms with Crippen LogP contribution in [0.3, 0.4) is 0 Å². The smallest absolute Gasteiger partial charge is 0.185 e. The molecule has 1 aromatic carbocycles. The third-order valence-corrected chi connectivity index (χ3v) is 4.11. The van der Waals surface area contributed by atoms with Gasteiger partial charge in [0.15, 0.2) is 6.29 Å². The van der Waals surface area contributed by atoms with E-state index in [9.17, 15) is 5.11 Å². The molecule has 1 aromatic rings. The minimum absolute atomic E-state index is 0.313. The summed E-state index contributed by atoms with van der Waals surface area (Å²) < 4.78 is 16.4. The van der Waals surface area contributed by atoms with Crippen molar-refractivity contribution in [3.8, 4) is 5.75 Å². The van der Waals surface area contributed by atoms with Gasteiger partial charge in [0.1, 0.15) is 18.1 Å². The first-order chi connectivity index (χ1) is 11.2. The molecule has 0 bridgehead atoms. The van der Waals surface area contributed by atoms with Crippen LogP contribution in [-0.2, 0) is 9.47 Å². The standard InChI is InChI=1S/C18H27NO4/c1-4-19(5-2)11-6-12-22-16-13-23-18(20)17(16)14-7-9-15(21-3)10-8-14/h7-10,18,20H,4-6,11-13H2,1-3H3. The van der Waals surface area contributed by atoms with E-state index in [2.05, 4.69) is 18.7 Å². The minimum atomic E-state index is -0.929.